The number of carbonyl (C=O) groups is 1. The molecule has 1 aromatic carbocycles. The Morgan fingerprint density at radius 2 is 1.83 bits per heavy atom. The number of hydrogen-bond acceptors (Lipinski definition) is 3. The first-order valence-electron chi connectivity index (χ1n) is 5.83. The van der Waals surface area contributed by atoms with Gasteiger partial charge in [0.1, 0.15) is 0 Å². The van der Waals surface area contributed by atoms with Crippen LogP contribution in [0.2, 0.25) is 0 Å². The molecular formula is C14H18O3S. The fraction of sp³-hybridized carbons (Fsp3) is 0.357. The van der Waals surface area contributed by atoms with E-state index in [0.29, 0.717) is 17.9 Å². The lowest BCUT2D eigenvalue weighted by Crippen LogP contribution is -2.06. The summed E-state index contributed by atoms with van der Waals surface area (Å²) in [5, 5.41) is 0. The van der Waals surface area contributed by atoms with Crippen LogP contribution >= 0.6 is 0 Å². The summed E-state index contributed by atoms with van der Waals surface area (Å²) in [6.07, 6.45) is 1.83. The molecule has 0 aliphatic carbocycles. The van der Waals surface area contributed by atoms with Crippen LogP contribution in [0.1, 0.15) is 30.6 Å². The van der Waals surface area contributed by atoms with E-state index in [0.717, 1.165) is 0 Å². The lowest BCUT2D eigenvalue weighted by molar-refractivity contribution is 0.0968. The van der Waals surface area contributed by atoms with Gasteiger partial charge in [0.2, 0.25) is 0 Å². The largest absolute Gasteiger partial charge is 0.294 e. The predicted molar refractivity (Wildman–Crippen MR) is 72.5 cm³/mol. The zero-order chi connectivity index (χ0) is 13.8. The minimum absolute atomic E-state index is 0.0395. The number of sulfone groups is 1. The minimum atomic E-state index is -3.31. The summed E-state index contributed by atoms with van der Waals surface area (Å²) in [6.45, 7) is 7.36. The first-order valence-corrected chi connectivity index (χ1v) is 7.49. The van der Waals surface area contributed by atoms with Gasteiger partial charge in [-0.3, -0.25) is 4.79 Å². The molecule has 0 unspecified atom stereocenters. The number of rotatable bonds is 6. The van der Waals surface area contributed by atoms with Crippen molar-refractivity contribution >= 4 is 15.6 Å². The van der Waals surface area contributed by atoms with E-state index in [9.17, 15) is 13.2 Å². The molecule has 1 aromatic rings. The average molecular weight is 266 g/mol. The topological polar surface area (TPSA) is 51.2 Å². The Kier molecular flexibility index (Phi) is 4.84. The highest BCUT2D eigenvalue weighted by Gasteiger charge is 2.13. The molecule has 18 heavy (non-hydrogen) atoms. The molecule has 0 spiro atoms. The van der Waals surface area contributed by atoms with Crippen LogP contribution < -0.4 is 0 Å². The molecule has 4 heteroatoms. The Labute approximate surface area is 108 Å². The maximum atomic E-state index is 11.8. The van der Waals surface area contributed by atoms with Crippen molar-refractivity contribution in [2.45, 2.75) is 25.2 Å². The van der Waals surface area contributed by atoms with Crippen LogP contribution in [-0.4, -0.2) is 20.0 Å². The highest BCUT2D eigenvalue weighted by atomic mass is 32.2. The van der Waals surface area contributed by atoms with Gasteiger partial charge in [-0.1, -0.05) is 32.1 Å². The molecule has 0 heterocycles. The van der Waals surface area contributed by atoms with Crippen molar-refractivity contribution in [2.75, 3.05) is 5.75 Å². The molecule has 98 valence electrons. The zero-order valence-electron chi connectivity index (χ0n) is 10.7. The summed E-state index contributed by atoms with van der Waals surface area (Å²) in [5.74, 6) is 0.242. The van der Waals surface area contributed by atoms with Gasteiger partial charge in [-0.25, -0.2) is 8.42 Å². The van der Waals surface area contributed by atoms with Crippen LogP contribution in [-0.2, 0) is 9.84 Å². The van der Waals surface area contributed by atoms with Crippen molar-refractivity contribution in [3.8, 4) is 0 Å². The molecule has 0 aromatic heterocycles. The third-order valence-electron chi connectivity index (χ3n) is 2.47. The monoisotopic (exact) mass is 266 g/mol. The fourth-order valence-electron chi connectivity index (χ4n) is 1.59. The predicted octanol–water partition coefficient (Wildman–Crippen LogP) is 2.88. The van der Waals surface area contributed by atoms with Crippen LogP contribution in [0.5, 0.6) is 0 Å². The van der Waals surface area contributed by atoms with Gasteiger partial charge in [-0.05, 0) is 18.1 Å². The van der Waals surface area contributed by atoms with E-state index in [4.69, 9.17) is 0 Å². The Balaban J connectivity index is 2.93. The van der Waals surface area contributed by atoms with E-state index >= 15 is 0 Å². The molecule has 0 radical (unpaired) electrons. The van der Waals surface area contributed by atoms with E-state index < -0.39 is 9.84 Å². The second kappa shape index (κ2) is 5.96. The maximum absolute atomic E-state index is 11.8. The molecular weight excluding hydrogens is 248 g/mol. The Morgan fingerprint density at radius 3 is 2.28 bits per heavy atom. The lowest BCUT2D eigenvalue weighted by Gasteiger charge is -2.05. The standard InChI is InChI=1S/C14H18O3S/c1-4-9-18(16,17)13-7-5-12(6-8-13)14(15)10-11(2)3/h4-8,11H,1,9-10H2,2-3H3. The number of Topliss-reactive ketones (excluding diaryl/α,β-unsaturated/α-hetero) is 1. The summed E-state index contributed by atoms with van der Waals surface area (Å²) in [4.78, 5) is 12.0. The van der Waals surface area contributed by atoms with Crippen LogP contribution in [0.3, 0.4) is 0 Å². The first-order chi connectivity index (χ1) is 8.36. The minimum Gasteiger partial charge on any atom is -0.294 e. The lowest BCUT2D eigenvalue weighted by atomic mass is 10.0. The number of carbonyl (C=O) groups excluding carboxylic acids is 1. The molecule has 3 nitrogen and oxygen atoms in total. The zero-order valence-corrected chi connectivity index (χ0v) is 11.5. The van der Waals surface area contributed by atoms with E-state index in [2.05, 4.69) is 6.58 Å². The second-order valence-electron chi connectivity index (χ2n) is 4.62. The Morgan fingerprint density at radius 1 is 1.28 bits per heavy atom. The molecule has 0 aliphatic rings. The molecule has 1 rings (SSSR count). The summed E-state index contributed by atoms with van der Waals surface area (Å²) in [7, 11) is -3.31. The summed E-state index contributed by atoms with van der Waals surface area (Å²) in [5.41, 5.74) is 0.557. The summed E-state index contributed by atoms with van der Waals surface area (Å²) in [6, 6.07) is 6.10. The average Bonchev–Trinajstić information content (AvgIpc) is 2.28. The van der Waals surface area contributed by atoms with Crippen molar-refractivity contribution < 1.29 is 13.2 Å². The molecule has 0 fully saturated rings. The Bertz CT molecular complexity index is 525. The molecule has 0 atom stereocenters. The van der Waals surface area contributed by atoms with Gasteiger partial charge in [-0.2, -0.15) is 0 Å². The van der Waals surface area contributed by atoms with Crippen LogP contribution in [0.4, 0.5) is 0 Å². The third kappa shape index (κ3) is 3.81. The van der Waals surface area contributed by atoms with Gasteiger partial charge in [0.15, 0.2) is 15.6 Å². The van der Waals surface area contributed by atoms with Crippen LogP contribution in [0, 0.1) is 5.92 Å². The quantitative estimate of drug-likeness (QED) is 0.587. The van der Waals surface area contributed by atoms with Gasteiger partial charge in [0, 0.05) is 12.0 Å². The molecule has 0 saturated carbocycles. The van der Waals surface area contributed by atoms with Gasteiger partial charge < -0.3 is 0 Å². The number of benzene rings is 1. The SMILES string of the molecule is C=CCS(=O)(=O)c1ccc(C(=O)CC(C)C)cc1. The van der Waals surface area contributed by atoms with Crippen molar-refractivity contribution in [3.63, 3.8) is 0 Å². The normalized spacial score (nSPS) is 11.5. The van der Waals surface area contributed by atoms with Gasteiger partial charge in [-0.15, -0.1) is 6.58 Å². The Hall–Kier alpha value is -1.42. The van der Waals surface area contributed by atoms with E-state index in [1.54, 1.807) is 12.1 Å². The summed E-state index contributed by atoms with van der Waals surface area (Å²) < 4.78 is 23.5. The van der Waals surface area contributed by atoms with Crippen LogP contribution in [0.25, 0.3) is 0 Å². The molecule has 0 N–H and O–H groups in total. The highest BCUT2D eigenvalue weighted by Crippen LogP contribution is 2.15. The first kappa shape index (κ1) is 14.6. The number of hydrogen-bond donors (Lipinski definition) is 0. The summed E-state index contributed by atoms with van der Waals surface area (Å²) >= 11 is 0. The van der Waals surface area contributed by atoms with Crippen molar-refractivity contribution in [2.24, 2.45) is 5.92 Å². The van der Waals surface area contributed by atoms with Crippen LogP contribution in [0.15, 0.2) is 41.8 Å². The van der Waals surface area contributed by atoms with E-state index in [-0.39, 0.29) is 16.4 Å². The third-order valence-corrected chi connectivity index (χ3v) is 4.13. The highest BCUT2D eigenvalue weighted by molar-refractivity contribution is 7.91. The smallest absolute Gasteiger partial charge is 0.181 e. The van der Waals surface area contributed by atoms with Gasteiger partial charge >= 0.3 is 0 Å². The maximum Gasteiger partial charge on any atom is 0.181 e. The molecule has 0 bridgehead atoms. The molecule has 0 aliphatic heterocycles. The van der Waals surface area contributed by atoms with Crippen molar-refractivity contribution in [3.05, 3.63) is 42.5 Å². The molecule has 0 saturated heterocycles. The second-order valence-corrected chi connectivity index (χ2v) is 6.65. The van der Waals surface area contributed by atoms with Crippen molar-refractivity contribution in [1.29, 1.82) is 0 Å². The van der Waals surface area contributed by atoms with Gasteiger partial charge in [0.25, 0.3) is 0 Å². The molecule has 0 amide bonds. The van der Waals surface area contributed by atoms with E-state index in [1.807, 2.05) is 13.8 Å². The van der Waals surface area contributed by atoms with E-state index in [1.165, 1.54) is 18.2 Å². The van der Waals surface area contributed by atoms with Gasteiger partial charge in [0.05, 0.1) is 10.6 Å². The van der Waals surface area contributed by atoms with Crippen molar-refractivity contribution in [1.82, 2.24) is 0 Å². The number of ketones is 1. The fourth-order valence-corrected chi connectivity index (χ4v) is 2.64.